The van der Waals surface area contributed by atoms with E-state index < -0.39 is 5.82 Å². The number of nitrogens with zero attached hydrogens (tertiary/aromatic N) is 1. The van der Waals surface area contributed by atoms with E-state index in [-0.39, 0.29) is 24.0 Å². The Labute approximate surface area is 126 Å². The van der Waals surface area contributed by atoms with E-state index in [0.29, 0.717) is 5.02 Å². The summed E-state index contributed by atoms with van der Waals surface area (Å²) in [6.45, 7) is 0.240. The van der Waals surface area contributed by atoms with Crippen molar-refractivity contribution in [2.75, 3.05) is 10.8 Å². The molecule has 1 amide bonds. The van der Waals surface area contributed by atoms with Crippen LogP contribution in [0.25, 0.3) is 0 Å². The lowest BCUT2D eigenvalue weighted by Crippen LogP contribution is -2.32. The van der Waals surface area contributed by atoms with Crippen LogP contribution >= 0.6 is 23.2 Å². The van der Waals surface area contributed by atoms with E-state index in [1.165, 1.54) is 11.0 Å². The molecule has 0 saturated heterocycles. The third-order valence-corrected chi connectivity index (χ3v) is 3.29. The van der Waals surface area contributed by atoms with E-state index in [1.54, 1.807) is 42.5 Å². The summed E-state index contributed by atoms with van der Waals surface area (Å²) in [7, 11) is 0. The number of carbonyl (C=O) groups excluding carboxylic acids is 1. The van der Waals surface area contributed by atoms with E-state index in [9.17, 15) is 9.18 Å². The van der Waals surface area contributed by atoms with Crippen LogP contribution in [0.15, 0.2) is 48.5 Å². The Morgan fingerprint density at radius 3 is 2.35 bits per heavy atom. The summed E-state index contributed by atoms with van der Waals surface area (Å²) in [5, 5.41) is 0.606. The van der Waals surface area contributed by atoms with Gasteiger partial charge in [0, 0.05) is 5.02 Å². The van der Waals surface area contributed by atoms with Crippen LogP contribution in [0.2, 0.25) is 5.02 Å². The van der Waals surface area contributed by atoms with E-state index >= 15 is 0 Å². The molecule has 0 heterocycles. The number of rotatable bonds is 4. The molecule has 0 unspecified atom stereocenters. The van der Waals surface area contributed by atoms with Crippen LogP contribution in [0.4, 0.5) is 10.1 Å². The maximum Gasteiger partial charge on any atom is 0.242 e. The molecular formula is C15H12Cl2FNO. The van der Waals surface area contributed by atoms with Gasteiger partial charge in [0.25, 0.3) is 0 Å². The van der Waals surface area contributed by atoms with E-state index in [0.717, 1.165) is 5.56 Å². The maximum atomic E-state index is 13.8. The van der Waals surface area contributed by atoms with Crippen molar-refractivity contribution >= 4 is 34.8 Å². The molecule has 0 aliphatic carbocycles. The number of anilines is 1. The molecule has 20 heavy (non-hydrogen) atoms. The summed E-state index contributed by atoms with van der Waals surface area (Å²) < 4.78 is 13.8. The van der Waals surface area contributed by atoms with Crippen LogP contribution < -0.4 is 4.90 Å². The molecule has 0 N–H and O–H groups in total. The first-order chi connectivity index (χ1) is 9.61. The van der Waals surface area contributed by atoms with Gasteiger partial charge in [0.15, 0.2) is 0 Å². The van der Waals surface area contributed by atoms with E-state index in [1.807, 2.05) is 0 Å². The predicted molar refractivity (Wildman–Crippen MR) is 79.8 cm³/mol. The van der Waals surface area contributed by atoms with Gasteiger partial charge in [-0.1, -0.05) is 35.9 Å². The maximum absolute atomic E-state index is 13.8. The van der Waals surface area contributed by atoms with Gasteiger partial charge in [-0.15, -0.1) is 11.6 Å². The zero-order valence-electron chi connectivity index (χ0n) is 10.5. The van der Waals surface area contributed by atoms with Gasteiger partial charge in [0.05, 0.1) is 12.2 Å². The molecule has 0 bridgehead atoms. The first-order valence-electron chi connectivity index (χ1n) is 5.97. The molecule has 0 aliphatic rings. The van der Waals surface area contributed by atoms with Crippen LogP contribution in [0.3, 0.4) is 0 Å². The number of alkyl halides is 1. The largest absolute Gasteiger partial charge is 0.304 e. The summed E-state index contributed by atoms with van der Waals surface area (Å²) >= 11 is 11.4. The summed E-state index contributed by atoms with van der Waals surface area (Å²) in [6, 6.07) is 13.1. The molecular weight excluding hydrogens is 300 g/mol. The number of hydrogen-bond acceptors (Lipinski definition) is 1. The van der Waals surface area contributed by atoms with Crippen LogP contribution in [0.5, 0.6) is 0 Å². The third-order valence-electron chi connectivity index (χ3n) is 2.81. The van der Waals surface area contributed by atoms with Gasteiger partial charge in [0.2, 0.25) is 5.91 Å². The highest BCUT2D eigenvalue weighted by molar-refractivity contribution is 6.30. The van der Waals surface area contributed by atoms with Crippen molar-refractivity contribution < 1.29 is 9.18 Å². The van der Waals surface area contributed by atoms with Crippen molar-refractivity contribution in [3.05, 3.63) is 64.9 Å². The Hall–Kier alpha value is -1.58. The monoisotopic (exact) mass is 311 g/mol. The summed E-state index contributed by atoms with van der Waals surface area (Å²) in [4.78, 5) is 13.3. The summed E-state index contributed by atoms with van der Waals surface area (Å²) in [5.74, 6) is -1.02. The molecule has 0 saturated carbocycles. The van der Waals surface area contributed by atoms with Crippen molar-refractivity contribution in [1.82, 2.24) is 0 Å². The zero-order valence-corrected chi connectivity index (χ0v) is 12.0. The lowest BCUT2D eigenvalue weighted by Gasteiger charge is -2.22. The molecule has 0 spiro atoms. The van der Waals surface area contributed by atoms with E-state index in [2.05, 4.69) is 0 Å². The van der Waals surface area contributed by atoms with Crippen LogP contribution in [0, 0.1) is 5.82 Å². The highest BCUT2D eigenvalue weighted by atomic mass is 35.5. The van der Waals surface area contributed by atoms with Crippen molar-refractivity contribution in [3.63, 3.8) is 0 Å². The summed E-state index contributed by atoms with van der Waals surface area (Å²) in [5.41, 5.74) is 1.06. The van der Waals surface area contributed by atoms with Gasteiger partial charge in [-0.3, -0.25) is 4.79 Å². The Balaban J connectivity index is 2.31. The fraction of sp³-hybridized carbons (Fsp3) is 0.133. The second kappa shape index (κ2) is 6.73. The molecule has 2 aromatic carbocycles. The highest BCUT2D eigenvalue weighted by Gasteiger charge is 2.18. The van der Waals surface area contributed by atoms with Gasteiger partial charge in [-0.05, 0) is 29.8 Å². The van der Waals surface area contributed by atoms with Crippen molar-refractivity contribution in [2.24, 2.45) is 0 Å². The number of hydrogen-bond donors (Lipinski definition) is 0. The van der Waals surface area contributed by atoms with Crippen molar-refractivity contribution in [3.8, 4) is 0 Å². The molecule has 2 aromatic rings. The van der Waals surface area contributed by atoms with Gasteiger partial charge in [-0.25, -0.2) is 4.39 Å². The minimum atomic E-state index is -0.458. The highest BCUT2D eigenvalue weighted by Crippen LogP contribution is 2.22. The molecule has 5 heteroatoms. The molecule has 2 nitrogen and oxygen atoms in total. The third kappa shape index (κ3) is 3.50. The zero-order chi connectivity index (χ0) is 14.5. The lowest BCUT2D eigenvalue weighted by molar-refractivity contribution is -0.116. The van der Waals surface area contributed by atoms with Crippen LogP contribution in [-0.4, -0.2) is 11.8 Å². The number of benzene rings is 2. The molecule has 0 aliphatic heterocycles. The van der Waals surface area contributed by atoms with Gasteiger partial charge in [-0.2, -0.15) is 0 Å². The Kier molecular flexibility index (Phi) is 4.99. The number of halogens is 3. The molecule has 0 radical (unpaired) electrons. The SMILES string of the molecule is O=C(CCl)N(Cc1ccc(Cl)cc1)c1ccccc1F. The van der Waals surface area contributed by atoms with Gasteiger partial charge >= 0.3 is 0 Å². The minimum Gasteiger partial charge on any atom is -0.304 e. The predicted octanol–water partition coefficient (Wildman–Crippen LogP) is 4.25. The van der Waals surface area contributed by atoms with Gasteiger partial charge < -0.3 is 4.90 Å². The summed E-state index contributed by atoms with van der Waals surface area (Å²) in [6.07, 6.45) is 0. The Morgan fingerprint density at radius 2 is 1.75 bits per heavy atom. The second-order valence-electron chi connectivity index (χ2n) is 4.19. The minimum absolute atomic E-state index is 0.206. The molecule has 2 rings (SSSR count). The number of carbonyl (C=O) groups is 1. The van der Waals surface area contributed by atoms with Gasteiger partial charge in [0.1, 0.15) is 11.7 Å². The quantitative estimate of drug-likeness (QED) is 0.773. The average molecular weight is 312 g/mol. The van der Waals surface area contributed by atoms with Crippen LogP contribution in [-0.2, 0) is 11.3 Å². The molecule has 0 atom stereocenters. The normalized spacial score (nSPS) is 10.3. The first-order valence-corrected chi connectivity index (χ1v) is 6.88. The molecule has 0 fully saturated rings. The molecule has 104 valence electrons. The fourth-order valence-corrected chi connectivity index (χ4v) is 2.09. The first kappa shape index (κ1) is 14.8. The van der Waals surface area contributed by atoms with Crippen molar-refractivity contribution in [2.45, 2.75) is 6.54 Å². The average Bonchev–Trinajstić information content (AvgIpc) is 2.47. The van der Waals surface area contributed by atoms with Crippen molar-refractivity contribution in [1.29, 1.82) is 0 Å². The topological polar surface area (TPSA) is 20.3 Å². The standard InChI is InChI=1S/C15H12Cl2FNO/c16-9-15(20)19(14-4-2-1-3-13(14)18)10-11-5-7-12(17)8-6-11/h1-8H,9-10H2. The number of para-hydroxylation sites is 1. The van der Waals surface area contributed by atoms with E-state index in [4.69, 9.17) is 23.2 Å². The smallest absolute Gasteiger partial charge is 0.242 e. The Morgan fingerprint density at radius 1 is 1.10 bits per heavy atom. The number of amides is 1. The fourth-order valence-electron chi connectivity index (χ4n) is 1.82. The molecule has 0 aromatic heterocycles. The van der Waals surface area contributed by atoms with Crippen LogP contribution in [0.1, 0.15) is 5.56 Å². The Bertz CT molecular complexity index is 601. The lowest BCUT2D eigenvalue weighted by atomic mass is 10.2. The second-order valence-corrected chi connectivity index (χ2v) is 4.90.